The maximum atomic E-state index is 12.6. The average molecular weight is 325 g/mol. The predicted octanol–water partition coefficient (Wildman–Crippen LogP) is 1.36. The van der Waals surface area contributed by atoms with Crippen molar-refractivity contribution in [3.63, 3.8) is 0 Å². The molecular formula is C15H23N3O3S. The van der Waals surface area contributed by atoms with Crippen LogP contribution < -0.4 is 5.32 Å². The first-order valence-corrected chi connectivity index (χ1v) is 9.03. The van der Waals surface area contributed by atoms with Crippen molar-refractivity contribution in [1.82, 2.24) is 9.21 Å². The van der Waals surface area contributed by atoms with Gasteiger partial charge in [0.25, 0.3) is 0 Å². The molecule has 1 aliphatic rings. The van der Waals surface area contributed by atoms with Crippen LogP contribution in [0.2, 0.25) is 0 Å². The molecule has 6 nitrogen and oxygen atoms in total. The van der Waals surface area contributed by atoms with E-state index >= 15 is 0 Å². The molecule has 1 heterocycles. The molecule has 0 unspecified atom stereocenters. The summed E-state index contributed by atoms with van der Waals surface area (Å²) in [5.74, 6) is -0.0914. The number of nitrogens with one attached hydrogen (secondary N) is 1. The Hall–Kier alpha value is -1.44. The highest BCUT2D eigenvalue weighted by Crippen LogP contribution is 2.20. The molecule has 1 aromatic carbocycles. The predicted molar refractivity (Wildman–Crippen MR) is 86.2 cm³/mol. The average Bonchev–Trinajstić information content (AvgIpc) is 2.55. The van der Waals surface area contributed by atoms with E-state index in [2.05, 4.69) is 17.1 Å². The van der Waals surface area contributed by atoms with Gasteiger partial charge >= 0.3 is 0 Å². The molecule has 1 aliphatic heterocycles. The number of benzene rings is 1. The lowest BCUT2D eigenvalue weighted by atomic mass is 10.3. The second kappa shape index (κ2) is 7.21. The first-order chi connectivity index (χ1) is 10.5. The summed E-state index contributed by atoms with van der Waals surface area (Å²) in [4.78, 5) is 13.8. The fraction of sp³-hybridized carbons (Fsp3) is 0.533. The first kappa shape index (κ1) is 16.9. The Morgan fingerprint density at radius 2 is 1.68 bits per heavy atom. The van der Waals surface area contributed by atoms with E-state index in [0.717, 1.165) is 19.6 Å². The topological polar surface area (TPSA) is 69.7 Å². The third kappa shape index (κ3) is 3.85. The molecule has 0 atom stereocenters. The van der Waals surface area contributed by atoms with Crippen molar-refractivity contribution in [2.24, 2.45) is 0 Å². The zero-order chi connectivity index (χ0) is 16.2. The molecule has 122 valence electrons. The van der Waals surface area contributed by atoms with E-state index in [4.69, 9.17) is 0 Å². The Morgan fingerprint density at radius 1 is 1.09 bits per heavy atom. The Bertz CT molecular complexity index is 605. The van der Waals surface area contributed by atoms with Gasteiger partial charge in [0.05, 0.1) is 4.90 Å². The van der Waals surface area contributed by atoms with E-state index in [1.807, 2.05) is 0 Å². The van der Waals surface area contributed by atoms with Crippen LogP contribution in [0, 0.1) is 0 Å². The summed E-state index contributed by atoms with van der Waals surface area (Å²) in [6.45, 7) is 7.35. The Morgan fingerprint density at radius 3 is 2.18 bits per heavy atom. The second-order valence-electron chi connectivity index (χ2n) is 5.26. The van der Waals surface area contributed by atoms with Crippen molar-refractivity contribution < 1.29 is 13.2 Å². The maximum absolute atomic E-state index is 12.6. The summed E-state index contributed by atoms with van der Waals surface area (Å²) < 4.78 is 26.7. The summed E-state index contributed by atoms with van der Waals surface area (Å²) in [6, 6.07) is 6.35. The molecule has 0 bridgehead atoms. The zero-order valence-electron chi connectivity index (χ0n) is 13.1. The monoisotopic (exact) mass is 325 g/mol. The van der Waals surface area contributed by atoms with E-state index < -0.39 is 10.0 Å². The third-order valence-corrected chi connectivity index (χ3v) is 5.79. The Kier molecular flexibility index (Phi) is 5.55. The molecule has 1 amide bonds. The van der Waals surface area contributed by atoms with Gasteiger partial charge in [-0.25, -0.2) is 8.42 Å². The number of hydrogen-bond donors (Lipinski definition) is 1. The quantitative estimate of drug-likeness (QED) is 0.887. The molecule has 1 aromatic rings. The molecular weight excluding hydrogens is 302 g/mol. The van der Waals surface area contributed by atoms with Gasteiger partial charge < -0.3 is 10.2 Å². The van der Waals surface area contributed by atoms with Gasteiger partial charge in [-0.1, -0.05) is 13.8 Å². The lowest BCUT2D eigenvalue weighted by molar-refractivity contribution is -0.115. The number of piperazine rings is 1. The molecule has 22 heavy (non-hydrogen) atoms. The van der Waals surface area contributed by atoms with Crippen LogP contribution in [0.3, 0.4) is 0 Å². The normalized spacial score (nSPS) is 17.4. The van der Waals surface area contributed by atoms with E-state index in [1.54, 1.807) is 31.2 Å². The minimum atomic E-state index is -3.45. The number of likely N-dealkylation sites (N-methyl/N-ethyl adjacent to an activating group) is 1. The fourth-order valence-electron chi connectivity index (χ4n) is 2.39. The van der Waals surface area contributed by atoms with Crippen LogP contribution in [-0.4, -0.2) is 56.3 Å². The number of nitrogens with zero attached hydrogens (tertiary/aromatic N) is 2. The number of sulfonamides is 1. The fourth-order valence-corrected chi connectivity index (χ4v) is 3.82. The highest BCUT2D eigenvalue weighted by atomic mass is 32.2. The Balaban J connectivity index is 2.08. The van der Waals surface area contributed by atoms with Gasteiger partial charge in [0.1, 0.15) is 0 Å². The van der Waals surface area contributed by atoms with Crippen LogP contribution in [0.4, 0.5) is 5.69 Å². The maximum Gasteiger partial charge on any atom is 0.243 e. The van der Waals surface area contributed by atoms with Crippen molar-refractivity contribution >= 4 is 21.6 Å². The third-order valence-electron chi connectivity index (χ3n) is 3.88. The van der Waals surface area contributed by atoms with Crippen LogP contribution in [0.25, 0.3) is 0 Å². The number of hydrogen-bond acceptors (Lipinski definition) is 4. The molecule has 1 saturated heterocycles. The Labute approximate surface area is 132 Å². The highest BCUT2D eigenvalue weighted by molar-refractivity contribution is 7.89. The summed E-state index contributed by atoms with van der Waals surface area (Å²) in [5.41, 5.74) is 0.613. The van der Waals surface area contributed by atoms with E-state index in [1.165, 1.54) is 4.31 Å². The SMILES string of the molecule is CCC(=O)Nc1ccc(S(=O)(=O)N2CCN(CC)CC2)cc1. The number of carbonyl (C=O) groups excluding carboxylic acids is 1. The molecule has 7 heteroatoms. The van der Waals surface area contributed by atoms with Crippen LogP contribution in [0.1, 0.15) is 20.3 Å². The van der Waals surface area contributed by atoms with Gasteiger partial charge in [0, 0.05) is 38.3 Å². The van der Waals surface area contributed by atoms with Gasteiger partial charge in [-0.05, 0) is 30.8 Å². The summed E-state index contributed by atoms with van der Waals surface area (Å²) in [6.07, 6.45) is 0.391. The molecule has 1 N–H and O–H groups in total. The number of anilines is 1. The molecule has 0 aliphatic carbocycles. The van der Waals surface area contributed by atoms with E-state index in [9.17, 15) is 13.2 Å². The lowest BCUT2D eigenvalue weighted by Crippen LogP contribution is -2.48. The number of carbonyl (C=O) groups is 1. The van der Waals surface area contributed by atoms with Gasteiger partial charge in [-0.3, -0.25) is 4.79 Å². The smallest absolute Gasteiger partial charge is 0.243 e. The minimum Gasteiger partial charge on any atom is -0.326 e. The summed E-state index contributed by atoms with van der Waals surface area (Å²) in [5, 5.41) is 2.71. The molecule has 0 radical (unpaired) electrons. The summed E-state index contributed by atoms with van der Waals surface area (Å²) in [7, 11) is -3.45. The molecule has 0 aromatic heterocycles. The van der Waals surface area contributed by atoms with Gasteiger partial charge in [0.2, 0.25) is 15.9 Å². The first-order valence-electron chi connectivity index (χ1n) is 7.59. The van der Waals surface area contributed by atoms with Crippen molar-refractivity contribution in [3.8, 4) is 0 Å². The lowest BCUT2D eigenvalue weighted by Gasteiger charge is -2.33. The van der Waals surface area contributed by atoms with Crippen LogP contribution in [0.15, 0.2) is 29.2 Å². The van der Waals surface area contributed by atoms with Crippen LogP contribution >= 0.6 is 0 Å². The molecule has 0 spiro atoms. The van der Waals surface area contributed by atoms with Gasteiger partial charge in [-0.15, -0.1) is 0 Å². The van der Waals surface area contributed by atoms with E-state index in [-0.39, 0.29) is 10.8 Å². The van der Waals surface area contributed by atoms with Gasteiger partial charge in [-0.2, -0.15) is 4.31 Å². The van der Waals surface area contributed by atoms with Crippen LogP contribution in [-0.2, 0) is 14.8 Å². The largest absolute Gasteiger partial charge is 0.326 e. The number of amides is 1. The minimum absolute atomic E-state index is 0.0914. The van der Waals surface area contributed by atoms with Gasteiger partial charge in [0.15, 0.2) is 0 Å². The van der Waals surface area contributed by atoms with Crippen molar-refractivity contribution in [2.45, 2.75) is 25.2 Å². The van der Waals surface area contributed by atoms with Crippen LogP contribution in [0.5, 0.6) is 0 Å². The molecule has 2 rings (SSSR count). The number of rotatable bonds is 5. The van der Waals surface area contributed by atoms with Crippen molar-refractivity contribution in [1.29, 1.82) is 0 Å². The standard InChI is InChI=1S/C15H23N3O3S/c1-3-15(19)16-13-5-7-14(8-6-13)22(20,21)18-11-9-17(4-2)10-12-18/h5-8H,3-4,9-12H2,1-2H3,(H,16,19). The second-order valence-corrected chi connectivity index (χ2v) is 7.20. The molecule has 0 saturated carbocycles. The van der Waals surface area contributed by atoms with Crippen molar-refractivity contribution in [3.05, 3.63) is 24.3 Å². The highest BCUT2D eigenvalue weighted by Gasteiger charge is 2.27. The summed E-state index contributed by atoms with van der Waals surface area (Å²) >= 11 is 0. The zero-order valence-corrected chi connectivity index (χ0v) is 13.9. The van der Waals surface area contributed by atoms with E-state index in [0.29, 0.717) is 25.2 Å². The molecule has 1 fully saturated rings. The van der Waals surface area contributed by atoms with Crippen molar-refractivity contribution in [2.75, 3.05) is 38.0 Å².